The zero-order valence-corrected chi connectivity index (χ0v) is 27.8. The van der Waals surface area contributed by atoms with Crippen molar-refractivity contribution in [2.75, 3.05) is 59.5 Å². The van der Waals surface area contributed by atoms with Crippen LogP contribution in [0.1, 0.15) is 5.56 Å². The summed E-state index contributed by atoms with van der Waals surface area (Å²) in [6, 6.07) is 6.36. The Balaban J connectivity index is 1.59. The molecule has 0 bridgehead atoms. The summed E-state index contributed by atoms with van der Waals surface area (Å²) in [4.78, 5) is 1.66. The van der Waals surface area contributed by atoms with Crippen LogP contribution in [-0.2, 0) is 30.1 Å². The topological polar surface area (TPSA) is 333 Å². The van der Waals surface area contributed by atoms with Crippen molar-refractivity contribution in [3.05, 3.63) is 29.8 Å². The Morgan fingerprint density at radius 1 is 0.647 bits per heavy atom. The van der Waals surface area contributed by atoms with Crippen molar-refractivity contribution < 1.29 is 95.2 Å². The lowest BCUT2D eigenvalue weighted by Crippen LogP contribution is -2.59. The van der Waals surface area contributed by atoms with Crippen LogP contribution in [0.4, 0.5) is 0 Å². The Morgan fingerprint density at radius 2 is 1.16 bits per heavy atom. The third kappa shape index (κ3) is 12.4. The van der Waals surface area contributed by atoms with E-state index in [1.54, 1.807) is 17.0 Å². The van der Waals surface area contributed by atoms with Crippen LogP contribution in [0.2, 0.25) is 0 Å². The molecule has 2 aliphatic heterocycles. The molecule has 0 aromatic heterocycles. The average molecular weight is 744 g/mol. The molecule has 3 rings (SSSR count). The molecule has 2 heterocycles. The second kappa shape index (κ2) is 21.2. The fourth-order valence-corrected chi connectivity index (χ4v) is 5.50. The quantitative estimate of drug-likeness (QED) is 0.0520. The molecule has 0 spiro atoms. The summed E-state index contributed by atoms with van der Waals surface area (Å²) >= 11 is 0. The van der Waals surface area contributed by atoms with Crippen molar-refractivity contribution in [2.24, 2.45) is 5.92 Å². The normalized spacial score (nSPS) is 33.1. The predicted molar refractivity (Wildman–Crippen MR) is 168 cm³/mol. The molecule has 14 N–H and O–H groups in total. The number of benzene rings is 1. The minimum absolute atomic E-state index is 0.0224. The maximum absolute atomic E-state index is 10.6. The van der Waals surface area contributed by atoms with Gasteiger partial charge >= 0.3 is 0 Å². The van der Waals surface area contributed by atoms with E-state index in [0.29, 0.717) is 6.42 Å². The summed E-state index contributed by atoms with van der Waals surface area (Å²) in [7, 11) is 0. The van der Waals surface area contributed by atoms with Gasteiger partial charge in [0.25, 0.3) is 0 Å². The van der Waals surface area contributed by atoms with Crippen molar-refractivity contribution in [3.8, 4) is 5.75 Å². The van der Waals surface area contributed by atoms with E-state index in [0.717, 1.165) is 5.56 Å². The van der Waals surface area contributed by atoms with Crippen LogP contribution in [0.5, 0.6) is 5.75 Å². The van der Waals surface area contributed by atoms with Gasteiger partial charge in [0.15, 0.2) is 12.6 Å². The van der Waals surface area contributed by atoms with E-state index >= 15 is 0 Å². The summed E-state index contributed by atoms with van der Waals surface area (Å²) in [6.45, 7) is -3.64. The average Bonchev–Trinajstić information content (AvgIpc) is 3.13. The summed E-state index contributed by atoms with van der Waals surface area (Å²) in [5.41, 5.74) is 0.813. The van der Waals surface area contributed by atoms with Gasteiger partial charge in [-0.1, -0.05) is 12.1 Å². The first-order valence-corrected chi connectivity index (χ1v) is 16.5. The second-order valence-corrected chi connectivity index (χ2v) is 12.7. The number of hydrogen-bond acceptors (Lipinski definition) is 20. The number of phenolic OH excluding ortho intramolecular Hbond substituents is 1. The Labute approximate surface area is 293 Å². The maximum atomic E-state index is 10.6. The summed E-state index contributed by atoms with van der Waals surface area (Å²) < 4.78 is 27.0. The third-order valence-electron chi connectivity index (χ3n) is 8.83. The first kappa shape index (κ1) is 43.7. The van der Waals surface area contributed by atoms with Crippen LogP contribution in [0.25, 0.3) is 0 Å². The highest BCUT2D eigenvalue weighted by molar-refractivity contribution is 5.26. The Bertz CT molecular complexity index is 1100. The van der Waals surface area contributed by atoms with Gasteiger partial charge in [-0.2, -0.15) is 0 Å². The molecule has 0 amide bonds. The van der Waals surface area contributed by atoms with E-state index in [9.17, 15) is 71.5 Å². The molecule has 2 fully saturated rings. The van der Waals surface area contributed by atoms with Gasteiger partial charge in [-0.05, 0) is 24.1 Å². The number of ether oxygens (including phenoxy) is 5. The SMILES string of the molecule is OCC(O)C(COC1OC(CO)C(O)C(O)C1O)CN(CCc1ccc(O)cc1)COCC(O)C(O)C(O)COC1OC(CO)C(O)C(O)C1O. The van der Waals surface area contributed by atoms with Crippen molar-refractivity contribution in [1.29, 1.82) is 0 Å². The third-order valence-corrected chi connectivity index (χ3v) is 8.83. The molecule has 2 saturated heterocycles. The Morgan fingerprint density at radius 3 is 1.67 bits per heavy atom. The number of aliphatic hydroxyl groups excluding tert-OH is 13. The van der Waals surface area contributed by atoms with Gasteiger partial charge in [0.2, 0.25) is 0 Å². The molecule has 20 nitrogen and oxygen atoms in total. The van der Waals surface area contributed by atoms with Crippen molar-refractivity contribution in [1.82, 2.24) is 4.90 Å². The Hall–Kier alpha value is -1.74. The molecule has 296 valence electrons. The lowest BCUT2D eigenvalue weighted by molar-refractivity contribution is -0.306. The molecule has 51 heavy (non-hydrogen) atoms. The van der Waals surface area contributed by atoms with Gasteiger partial charge < -0.3 is 95.2 Å². The van der Waals surface area contributed by atoms with E-state index in [1.807, 2.05) is 0 Å². The van der Waals surface area contributed by atoms with Gasteiger partial charge in [-0.3, -0.25) is 4.90 Å². The van der Waals surface area contributed by atoms with Crippen LogP contribution < -0.4 is 0 Å². The molecular formula is C31H53NO19. The lowest BCUT2D eigenvalue weighted by Gasteiger charge is -2.40. The first-order valence-electron chi connectivity index (χ1n) is 16.5. The number of aromatic hydroxyl groups is 1. The molecule has 0 saturated carbocycles. The monoisotopic (exact) mass is 743 g/mol. The number of phenols is 1. The van der Waals surface area contributed by atoms with Gasteiger partial charge in [-0.15, -0.1) is 0 Å². The molecule has 0 radical (unpaired) electrons. The van der Waals surface area contributed by atoms with Gasteiger partial charge in [-0.25, -0.2) is 0 Å². The standard InChI is InChI=1S/C31H53NO19/c33-8-18(37)16(11-48-30-28(45)26(43)24(41)21(9-34)50-30)7-32(6-5-15-1-3-17(36)4-2-15)14-47-12-19(38)23(40)20(39)13-49-31-29(46)27(44)25(42)22(10-35)51-31/h1-4,16,18-31,33-46H,5-14H2. The maximum Gasteiger partial charge on any atom is 0.186 e. The number of rotatable bonds is 21. The van der Waals surface area contributed by atoms with Crippen molar-refractivity contribution in [3.63, 3.8) is 0 Å². The fraction of sp³-hybridized carbons (Fsp3) is 0.806. The lowest BCUT2D eigenvalue weighted by atomic mass is 9.99. The van der Waals surface area contributed by atoms with Gasteiger partial charge in [0.1, 0.15) is 72.9 Å². The smallest absolute Gasteiger partial charge is 0.186 e. The van der Waals surface area contributed by atoms with Crippen LogP contribution in [-0.4, -0.2) is 222 Å². The zero-order chi connectivity index (χ0) is 37.8. The second-order valence-electron chi connectivity index (χ2n) is 12.7. The molecular weight excluding hydrogens is 690 g/mol. The molecule has 15 atom stereocenters. The number of nitrogens with zero attached hydrogens (tertiary/aromatic N) is 1. The highest BCUT2D eigenvalue weighted by Crippen LogP contribution is 2.24. The first-order chi connectivity index (χ1) is 24.2. The van der Waals surface area contributed by atoms with E-state index in [4.69, 9.17) is 23.7 Å². The van der Waals surface area contributed by atoms with Gasteiger partial charge in [0, 0.05) is 19.0 Å². The Kier molecular flexibility index (Phi) is 18.2. The fourth-order valence-electron chi connectivity index (χ4n) is 5.50. The summed E-state index contributed by atoms with van der Waals surface area (Å²) in [5, 5.41) is 140. The van der Waals surface area contributed by atoms with E-state index in [2.05, 4.69) is 0 Å². The van der Waals surface area contributed by atoms with E-state index in [-0.39, 0.29) is 32.2 Å². The van der Waals surface area contributed by atoms with E-state index in [1.165, 1.54) is 12.1 Å². The van der Waals surface area contributed by atoms with Crippen LogP contribution in [0, 0.1) is 5.92 Å². The van der Waals surface area contributed by atoms with Crippen LogP contribution in [0.3, 0.4) is 0 Å². The highest BCUT2D eigenvalue weighted by atomic mass is 16.7. The van der Waals surface area contributed by atoms with Crippen molar-refractivity contribution >= 4 is 0 Å². The summed E-state index contributed by atoms with van der Waals surface area (Å²) in [5.74, 6) is -0.813. The number of aliphatic hydroxyl groups is 13. The minimum atomic E-state index is -1.84. The summed E-state index contributed by atoms with van der Waals surface area (Å²) in [6.07, 6.45) is -21.9. The number of hydrogen-bond donors (Lipinski definition) is 14. The molecule has 15 unspecified atom stereocenters. The largest absolute Gasteiger partial charge is 0.508 e. The minimum Gasteiger partial charge on any atom is -0.508 e. The predicted octanol–water partition coefficient (Wildman–Crippen LogP) is -7.10. The van der Waals surface area contributed by atoms with E-state index < -0.39 is 125 Å². The molecule has 1 aromatic carbocycles. The molecule has 20 heteroatoms. The molecule has 1 aromatic rings. The molecule has 2 aliphatic rings. The van der Waals surface area contributed by atoms with Crippen molar-refractivity contribution in [2.45, 2.75) is 92.2 Å². The highest BCUT2D eigenvalue weighted by Gasteiger charge is 2.45. The van der Waals surface area contributed by atoms with Crippen LogP contribution in [0.15, 0.2) is 24.3 Å². The van der Waals surface area contributed by atoms with Crippen LogP contribution >= 0.6 is 0 Å². The molecule has 0 aliphatic carbocycles. The zero-order valence-electron chi connectivity index (χ0n) is 27.8. The van der Waals surface area contributed by atoms with Gasteiger partial charge in [0.05, 0.1) is 52.5 Å².